The quantitative estimate of drug-likeness (QED) is 0.835. The van der Waals surface area contributed by atoms with Crippen LogP contribution in [0.2, 0.25) is 0 Å². The zero-order valence-electron chi connectivity index (χ0n) is 7.55. The molecule has 1 nitrogen and oxygen atoms in total. The van der Waals surface area contributed by atoms with Gasteiger partial charge >= 0.3 is 0 Å². The van der Waals surface area contributed by atoms with Gasteiger partial charge in [-0.05, 0) is 23.3 Å². The van der Waals surface area contributed by atoms with Gasteiger partial charge in [-0.3, -0.25) is 0 Å². The third-order valence-corrected chi connectivity index (χ3v) is 1.97. The van der Waals surface area contributed by atoms with Crippen molar-refractivity contribution in [1.82, 2.24) is 0 Å². The Morgan fingerprint density at radius 3 is 1.71 bits per heavy atom. The number of hydrogen-bond donors (Lipinski definition) is 1. The molecule has 0 amide bonds. The zero-order valence-corrected chi connectivity index (χ0v) is 10.5. The maximum Gasteiger partial charge on any atom is 0.115 e. The summed E-state index contributed by atoms with van der Waals surface area (Å²) in [5, 5.41) is 9.10. The number of rotatable bonds is 1. The summed E-state index contributed by atoms with van der Waals surface area (Å²) in [4.78, 5) is 0. The molecule has 70 valence electrons. The molecule has 14 heavy (non-hydrogen) atoms. The van der Waals surface area contributed by atoms with Gasteiger partial charge in [0.1, 0.15) is 5.75 Å². The predicted molar refractivity (Wildman–Crippen MR) is 53.5 cm³/mol. The molecular formula is C12H10OW. The number of phenolic OH excluding ortho intramolecular Hbond substituents is 1. The van der Waals surface area contributed by atoms with Crippen molar-refractivity contribution in [3.05, 3.63) is 54.6 Å². The van der Waals surface area contributed by atoms with Gasteiger partial charge in [0.2, 0.25) is 0 Å². The molecule has 0 aromatic heterocycles. The van der Waals surface area contributed by atoms with Gasteiger partial charge in [-0.15, -0.1) is 0 Å². The van der Waals surface area contributed by atoms with Crippen molar-refractivity contribution in [2.75, 3.05) is 0 Å². The molecule has 0 spiro atoms. The van der Waals surface area contributed by atoms with Crippen LogP contribution >= 0.6 is 0 Å². The van der Waals surface area contributed by atoms with Crippen LogP contribution in [0.5, 0.6) is 5.75 Å². The molecule has 0 bridgehead atoms. The monoisotopic (exact) mass is 354 g/mol. The van der Waals surface area contributed by atoms with Crippen molar-refractivity contribution in [2.45, 2.75) is 0 Å². The smallest absolute Gasteiger partial charge is 0.115 e. The summed E-state index contributed by atoms with van der Waals surface area (Å²) in [5.74, 6) is 0.305. The van der Waals surface area contributed by atoms with Gasteiger partial charge in [-0.2, -0.15) is 0 Å². The molecule has 2 rings (SSSR count). The number of benzene rings is 2. The fourth-order valence-corrected chi connectivity index (χ4v) is 1.28. The Morgan fingerprint density at radius 1 is 0.643 bits per heavy atom. The fourth-order valence-electron chi connectivity index (χ4n) is 1.28. The third kappa shape index (κ3) is 2.46. The zero-order chi connectivity index (χ0) is 9.10. The van der Waals surface area contributed by atoms with Crippen LogP contribution in [-0.2, 0) is 21.1 Å². The molecule has 0 radical (unpaired) electrons. The molecule has 0 atom stereocenters. The molecule has 1 N–H and O–H groups in total. The van der Waals surface area contributed by atoms with E-state index in [1.807, 2.05) is 42.5 Å². The van der Waals surface area contributed by atoms with Crippen molar-refractivity contribution in [3.8, 4) is 16.9 Å². The van der Waals surface area contributed by atoms with E-state index in [-0.39, 0.29) is 21.1 Å². The summed E-state index contributed by atoms with van der Waals surface area (Å²) in [6, 6.07) is 17.3. The van der Waals surface area contributed by atoms with E-state index >= 15 is 0 Å². The standard InChI is InChI=1S/C12H10O.W/c13-12-8-6-11(7-9-12)10-4-2-1-3-5-10;/h1-9,13H;. The molecule has 0 unspecified atom stereocenters. The molecule has 0 aliphatic carbocycles. The van der Waals surface area contributed by atoms with Gasteiger partial charge in [0.05, 0.1) is 0 Å². The Bertz CT molecular complexity index is 381. The van der Waals surface area contributed by atoms with Crippen LogP contribution in [0.3, 0.4) is 0 Å². The number of hydrogen-bond acceptors (Lipinski definition) is 1. The van der Waals surface area contributed by atoms with Gasteiger partial charge in [-0.1, -0.05) is 42.5 Å². The summed E-state index contributed by atoms with van der Waals surface area (Å²) in [6.07, 6.45) is 0. The molecule has 0 fully saturated rings. The van der Waals surface area contributed by atoms with Gasteiger partial charge in [-0.25, -0.2) is 0 Å². The Kier molecular flexibility index (Phi) is 3.91. The molecule has 2 aromatic carbocycles. The van der Waals surface area contributed by atoms with Gasteiger partial charge in [0.15, 0.2) is 0 Å². The maximum absolute atomic E-state index is 9.10. The van der Waals surface area contributed by atoms with Crippen LogP contribution in [0.15, 0.2) is 54.6 Å². The second kappa shape index (κ2) is 4.97. The number of aromatic hydroxyl groups is 1. The van der Waals surface area contributed by atoms with Gasteiger partial charge in [0, 0.05) is 21.1 Å². The summed E-state index contributed by atoms with van der Waals surface area (Å²) < 4.78 is 0. The summed E-state index contributed by atoms with van der Waals surface area (Å²) in [7, 11) is 0. The van der Waals surface area contributed by atoms with Crippen LogP contribution in [-0.4, -0.2) is 5.11 Å². The van der Waals surface area contributed by atoms with Gasteiger partial charge < -0.3 is 5.11 Å². The molecule has 0 saturated heterocycles. The van der Waals surface area contributed by atoms with Crippen molar-refractivity contribution in [3.63, 3.8) is 0 Å². The van der Waals surface area contributed by atoms with E-state index in [4.69, 9.17) is 5.11 Å². The second-order valence-corrected chi connectivity index (χ2v) is 2.91. The second-order valence-electron chi connectivity index (χ2n) is 2.91. The maximum atomic E-state index is 9.10. The van der Waals surface area contributed by atoms with Crippen LogP contribution in [0.25, 0.3) is 11.1 Å². The molecular weight excluding hydrogens is 344 g/mol. The van der Waals surface area contributed by atoms with Crippen molar-refractivity contribution in [2.24, 2.45) is 0 Å². The first kappa shape index (κ1) is 11.0. The van der Waals surface area contributed by atoms with Crippen molar-refractivity contribution < 1.29 is 26.2 Å². The topological polar surface area (TPSA) is 20.2 Å². The normalized spacial score (nSPS) is 9.14. The average molecular weight is 354 g/mol. The van der Waals surface area contributed by atoms with Crippen LogP contribution < -0.4 is 0 Å². The van der Waals surface area contributed by atoms with Crippen LogP contribution in [0.1, 0.15) is 0 Å². The van der Waals surface area contributed by atoms with Crippen LogP contribution in [0.4, 0.5) is 0 Å². The van der Waals surface area contributed by atoms with E-state index in [1.54, 1.807) is 12.1 Å². The Morgan fingerprint density at radius 2 is 1.14 bits per heavy atom. The summed E-state index contributed by atoms with van der Waals surface area (Å²) >= 11 is 0. The Balaban J connectivity index is 0.000000980. The van der Waals surface area contributed by atoms with E-state index in [2.05, 4.69) is 0 Å². The Labute approximate surface area is 97.7 Å². The molecule has 0 saturated carbocycles. The third-order valence-electron chi connectivity index (χ3n) is 1.97. The van der Waals surface area contributed by atoms with Gasteiger partial charge in [0.25, 0.3) is 0 Å². The molecule has 0 aliphatic heterocycles. The average Bonchev–Trinajstić information content (AvgIpc) is 2.20. The number of phenols is 1. The molecule has 2 heteroatoms. The SMILES string of the molecule is Oc1ccc(-c2ccccc2)cc1.[W]. The van der Waals surface area contributed by atoms with E-state index in [1.165, 1.54) is 5.56 Å². The van der Waals surface area contributed by atoms with Crippen molar-refractivity contribution >= 4 is 0 Å². The predicted octanol–water partition coefficient (Wildman–Crippen LogP) is 3.06. The first-order valence-corrected chi connectivity index (χ1v) is 4.21. The minimum Gasteiger partial charge on any atom is -0.508 e. The van der Waals surface area contributed by atoms with E-state index < -0.39 is 0 Å². The van der Waals surface area contributed by atoms with Crippen molar-refractivity contribution in [1.29, 1.82) is 0 Å². The van der Waals surface area contributed by atoms with E-state index in [9.17, 15) is 0 Å². The largest absolute Gasteiger partial charge is 0.508 e. The van der Waals surface area contributed by atoms with Crippen LogP contribution in [0, 0.1) is 0 Å². The summed E-state index contributed by atoms with van der Waals surface area (Å²) in [6.45, 7) is 0. The Hall–Kier alpha value is -1.07. The molecule has 0 aliphatic rings. The fraction of sp³-hybridized carbons (Fsp3) is 0. The first-order chi connectivity index (χ1) is 6.36. The first-order valence-electron chi connectivity index (χ1n) is 4.21. The minimum absolute atomic E-state index is 0. The molecule has 0 heterocycles. The summed E-state index contributed by atoms with van der Waals surface area (Å²) in [5.41, 5.74) is 2.29. The minimum atomic E-state index is 0. The van der Waals surface area contributed by atoms with E-state index in [0.29, 0.717) is 5.75 Å². The van der Waals surface area contributed by atoms with E-state index in [0.717, 1.165) is 5.56 Å². The molecule has 2 aromatic rings.